The molecule has 5 heteroatoms. The molecule has 0 saturated heterocycles. The Morgan fingerprint density at radius 3 is 2.42 bits per heavy atom. The van der Waals surface area contributed by atoms with E-state index >= 15 is 0 Å². The highest BCUT2D eigenvalue weighted by atomic mass is 16.4. The first-order chi connectivity index (χ1) is 5.57. The molecule has 0 rings (SSSR count). The second-order valence-electron chi connectivity index (χ2n) is 2.19. The van der Waals surface area contributed by atoms with Crippen molar-refractivity contribution < 1.29 is 19.8 Å². The Morgan fingerprint density at radius 1 is 1.50 bits per heavy atom. The van der Waals surface area contributed by atoms with Gasteiger partial charge in [-0.25, -0.2) is 4.79 Å². The van der Waals surface area contributed by atoms with Crippen molar-refractivity contribution in [1.29, 1.82) is 0 Å². The van der Waals surface area contributed by atoms with E-state index in [-0.39, 0.29) is 12.8 Å². The number of hydrogen-bond donors (Lipinski definition) is 2. The summed E-state index contributed by atoms with van der Waals surface area (Å²) in [6, 6.07) is -0.925. The van der Waals surface area contributed by atoms with Crippen LogP contribution in [-0.4, -0.2) is 34.4 Å². The molecule has 0 heterocycles. The maximum Gasteiger partial charge on any atom is 0.328 e. The topological polar surface area (TPSA) is 87.0 Å². The molecule has 0 amide bonds. The summed E-state index contributed by atoms with van der Waals surface area (Å²) in [5.74, 6) is -2.10. The summed E-state index contributed by atoms with van der Waals surface area (Å²) < 4.78 is 0. The number of carboxylic acids is 2. The SMILES string of the molecule is CC=N[C@@H](CCC(=O)O)C(=O)O. The minimum Gasteiger partial charge on any atom is -0.481 e. The Balaban J connectivity index is 3.96. The summed E-state index contributed by atoms with van der Waals surface area (Å²) in [6.07, 6.45) is 1.23. The third-order valence-corrected chi connectivity index (χ3v) is 1.25. The number of aliphatic carboxylic acids is 2. The number of carbonyl (C=O) groups is 2. The lowest BCUT2D eigenvalue weighted by Crippen LogP contribution is -2.19. The second kappa shape index (κ2) is 5.29. The van der Waals surface area contributed by atoms with Crippen molar-refractivity contribution in [3.8, 4) is 0 Å². The molecule has 0 bridgehead atoms. The van der Waals surface area contributed by atoms with Crippen molar-refractivity contribution in [2.75, 3.05) is 0 Å². The van der Waals surface area contributed by atoms with Crippen LogP contribution in [0.2, 0.25) is 0 Å². The molecule has 5 nitrogen and oxygen atoms in total. The van der Waals surface area contributed by atoms with Gasteiger partial charge in [-0.2, -0.15) is 0 Å². The van der Waals surface area contributed by atoms with Crippen LogP contribution in [-0.2, 0) is 9.59 Å². The highest BCUT2D eigenvalue weighted by molar-refractivity contribution is 5.76. The van der Waals surface area contributed by atoms with Crippen LogP contribution in [0.4, 0.5) is 0 Å². The summed E-state index contributed by atoms with van der Waals surface area (Å²) in [5, 5.41) is 16.8. The summed E-state index contributed by atoms with van der Waals surface area (Å²) in [6.45, 7) is 1.59. The largest absolute Gasteiger partial charge is 0.481 e. The average Bonchev–Trinajstić information content (AvgIpc) is 1.96. The summed E-state index contributed by atoms with van der Waals surface area (Å²) >= 11 is 0. The van der Waals surface area contributed by atoms with Crippen molar-refractivity contribution in [1.82, 2.24) is 0 Å². The van der Waals surface area contributed by atoms with Crippen LogP contribution >= 0.6 is 0 Å². The van der Waals surface area contributed by atoms with Gasteiger partial charge < -0.3 is 10.2 Å². The molecular formula is C7H11NO4. The van der Waals surface area contributed by atoms with Crippen molar-refractivity contribution in [2.45, 2.75) is 25.8 Å². The van der Waals surface area contributed by atoms with Gasteiger partial charge in [0.25, 0.3) is 0 Å². The highest BCUT2D eigenvalue weighted by Gasteiger charge is 2.15. The quantitative estimate of drug-likeness (QED) is 0.589. The van der Waals surface area contributed by atoms with E-state index in [4.69, 9.17) is 10.2 Å². The minimum absolute atomic E-state index is 0.0367. The van der Waals surface area contributed by atoms with Crippen LogP contribution in [0.25, 0.3) is 0 Å². The first-order valence-electron chi connectivity index (χ1n) is 3.50. The molecular weight excluding hydrogens is 162 g/mol. The zero-order valence-corrected chi connectivity index (χ0v) is 6.73. The molecule has 0 aromatic rings. The molecule has 68 valence electrons. The Hall–Kier alpha value is -1.39. The maximum absolute atomic E-state index is 10.4. The number of aliphatic imine (C=N–C) groups is 1. The first kappa shape index (κ1) is 10.6. The van der Waals surface area contributed by atoms with E-state index in [1.165, 1.54) is 6.21 Å². The van der Waals surface area contributed by atoms with Gasteiger partial charge in [0.1, 0.15) is 6.04 Å². The van der Waals surface area contributed by atoms with E-state index in [0.717, 1.165) is 0 Å². The molecule has 0 aromatic carbocycles. The second-order valence-corrected chi connectivity index (χ2v) is 2.19. The number of carboxylic acid groups (broad SMARTS) is 2. The summed E-state index contributed by atoms with van der Waals surface area (Å²) in [5.41, 5.74) is 0. The Morgan fingerprint density at radius 2 is 2.08 bits per heavy atom. The third kappa shape index (κ3) is 4.43. The van der Waals surface area contributed by atoms with E-state index in [9.17, 15) is 9.59 Å². The molecule has 0 aliphatic heterocycles. The van der Waals surface area contributed by atoms with E-state index in [2.05, 4.69) is 4.99 Å². The number of hydrogen-bond acceptors (Lipinski definition) is 3. The van der Waals surface area contributed by atoms with Crippen LogP contribution in [0.1, 0.15) is 19.8 Å². The lowest BCUT2D eigenvalue weighted by atomic mass is 10.2. The fourth-order valence-corrected chi connectivity index (χ4v) is 0.702. The van der Waals surface area contributed by atoms with Gasteiger partial charge in [0.2, 0.25) is 0 Å². The van der Waals surface area contributed by atoms with Gasteiger partial charge >= 0.3 is 11.9 Å². The molecule has 0 saturated carbocycles. The molecule has 0 aliphatic rings. The summed E-state index contributed by atoms with van der Waals surface area (Å²) in [7, 11) is 0. The molecule has 0 aromatic heterocycles. The highest BCUT2D eigenvalue weighted by Crippen LogP contribution is 2.01. The van der Waals surface area contributed by atoms with Gasteiger partial charge in [-0.3, -0.25) is 9.79 Å². The van der Waals surface area contributed by atoms with Crippen LogP contribution in [0.5, 0.6) is 0 Å². The normalized spacial score (nSPS) is 13.1. The van der Waals surface area contributed by atoms with Gasteiger partial charge in [-0.1, -0.05) is 0 Å². The first-order valence-corrected chi connectivity index (χ1v) is 3.50. The zero-order valence-electron chi connectivity index (χ0n) is 6.73. The Bertz CT molecular complexity index is 200. The van der Waals surface area contributed by atoms with E-state index < -0.39 is 18.0 Å². The molecule has 2 N–H and O–H groups in total. The molecule has 0 fully saturated rings. The third-order valence-electron chi connectivity index (χ3n) is 1.25. The smallest absolute Gasteiger partial charge is 0.328 e. The Labute approximate surface area is 69.7 Å². The fourth-order valence-electron chi connectivity index (χ4n) is 0.702. The van der Waals surface area contributed by atoms with Crippen molar-refractivity contribution >= 4 is 18.2 Å². The maximum atomic E-state index is 10.4. The van der Waals surface area contributed by atoms with E-state index in [0.29, 0.717) is 0 Å². The average molecular weight is 173 g/mol. The molecule has 0 aliphatic carbocycles. The predicted molar refractivity (Wildman–Crippen MR) is 42.5 cm³/mol. The molecule has 1 atom stereocenters. The number of rotatable bonds is 5. The molecule has 12 heavy (non-hydrogen) atoms. The molecule has 0 radical (unpaired) electrons. The van der Waals surface area contributed by atoms with Crippen molar-refractivity contribution in [2.24, 2.45) is 4.99 Å². The molecule has 0 unspecified atom stereocenters. The standard InChI is InChI=1S/C7H11NO4/c1-2-8-5(7(11)12)3-4-6(9)10/h2,5H,3-4H2,1H3,(H,9,10)(H,11,12)/t5-/m0/s1. The van der Waals surface area contributed by atoms with Crippen LogP contribution < -0.4 is 0 Å². The van der Waals surface area contributed by atoms with Gasteiger partial charge in [-0.05, 0) is 19.6 Å². The van der Waals surface area contributed by atoms with Crippen LogP contribution in [0, 0.1) is 0 Å². The van der Waals surface area contributed by atoms with Crippen molar-refractivity contribution in [3.63, 3.8) is 0 Å². The minimum atomic E-state index is -1.09. The lowest BCUT2D eigenvalue weighted by molar-refractivity contribution is -0.139. The molecule has 0 spiro atoms. The number of nitrogens with zero attached hydrogens (tertiary/aromatic N) is 1. The van der Waals surface area contributed by atoms with E-state index in [1.54, 1.807) is 6.92 Å². The van der Waals surface area contributed by atoms with E-state index in [1.807, 2.05) is 0 Å². The lowest BCUT2D eigenvalue weighted by Gasteiger charge is -2.03. The monoisotopic (exact) mass is 173 g/mol. The van der Waals surface area contributed by atoms with Gasteiger partial charge in [0.05, 0.1) is 0 Å². The van der Waals surface area contributed by atoms with Gasteiger partial charge in [0.15, 0.2) is 0 Å². The van der Waals surface area contributed by atoms with Crippen molar-refractivity contribution in [3.05, 3.63) is 0 Å². The van der Waals surface area contributed by atoms with Gasteiger partial charge in [-0.15, -0.1) is 0 Å². The Kier molecular flexibility index (Phi) is 4.67. The fraction of sp³-hybridized carbons (Fsp3) is 0.571. The van der Waals surface area contributed by atoms with Crippen LogP contribution in [0.15, 0.2) is 4.99 Å². The predicted octanol–water partition coefficient (Wildman–Crippen LogP) is 0.395. The summed E-state index contributed by atoms with van der Waals surface area (Å²) in [4.78, 5) is 24.1. The van der Waals surface area contributed by atoms with Crippen LogP contribution in [0.3, 0.4) is 0 Å². The zero-order chi connectivity index (χ0) is 9.56. The van der Waals surface area contributed by atoms with Gasteiger partial charge in [0, 0.05) is 6.42 Å².